The predicted octanol–water partition coefficient (Wildman–Crippen LogP) is 2.31. The second kappa shape index (κ2) is 5.16. The van der Waals surface area contributed by atoms with Crippen LogP contribution in [0.15, 0.2) is 10.5 Å². The number of hydrogen-bond acceptors (Lipinski definition) is 6. The molecule has 0 aliphatic heterocycles. The summed E-state index contributed by atoms with van der Waals surface area (Å²) >= 11 is 0. The van der Waals surface area contributed by atoms with Gasteiger partial charge in [0.05, 0.1) is 5.69 Å². The van der Waals surface area contributed by atoms with Crippen LogP contribution < -0.4 is 5.32 Å². The van der Waals surface area contributed by atoms with Crippen LogP contribution in [0.1, 0.15) is 30.0 Å². The van der Waals surface area contributed by atoms with E-state index in [9.17, 15) is 0 Å². The van der Waals surface area contributed by atoms with Gasteiger partial charge in [-0.1, -0.05) is 0 Å². The van der Waals surface area contributed by atoms with E-state index in [2.05, 4.69) is 37.4 Å². The summed E-state index contributed by atoms with van der Waals surface area (Å²) in [5.41, 5.74) is 3.27. The normalized spacial score (nSPS) is 12.8. The summed E-state index contributed by atoms with van der Waals surface area (Å²) in [6, 6.07) is 2.21. The van der Waals surface area contributed by atoms with Crippen LogP contribution in [0.2, 0.25) is 0 Å². The molecule has 110 valence electrons. The maximum absolute atomic E-state index is 5.47. The van der Waals surface area contributed by atoms with Crippen molar-refractivity contribution in [1.29, 1.82) is 0 Å². The molecule has 3 aromatic rings. The molecule has 0 aromatic carbocycles. The molecule has 0 spiro atoms. The molecule has 7 nitrogen and oxygen atoms in total. The van der Waals surface area contributed by atoms with Crippen molar-refractivity contribution in [3.05, 3.63) is 29.2 Å². The highest BCUT2D eigenvalue weighted by atomic mass is 16.4. The van der Waals surface area contributed by atoms with Crippen molar-refractivity contribution in [2.45, 2.75) is 40.2 Å². The molecule has 0 unspecified atom stereocenters. The molecule has 0 amide bonds. The van der Waals surface area contributed by atoms with Gasteiger partial charge in [0, 0.05) is 25.1 Å². The lowest BCUT2D eigenvalue weighted by Crippen LogP contribution is -2.19. The molecule has 3 rings (SSSR count). The zero-order valence-electron chi connectivity index (χ0n) is 12.6. The SMILES string of the molecule is Cc1nc(N[C@H](C)Cc2cc(C)[nH]n2)c2nc(C)oc2n1. The zero-order chi connectivity index (χ0) is 15.0. The molecule has 21 heavy (non-hydrogen) atoms. The monoisotopic (exact) mass is 286 g/mol. The summed E-state index contributed by atoms with van der Waals surface area (Å²) in [6.45, 7) is 7.71. The van der Waals surface area contributed by atoms with Crippen LogP contribution in [0.25, 0.3) is 11.2 Å². The van der Waals surface area contributed by atoms with Gasteiger partial charge in [-0.05, 0) is 26.8 Å². The van der Waals surface area contributed by atoms with E-state index in [1.165, 1.54) is 0 Å². The van der Waals surface area contributed by atoms with Crippen molar-refractivity contribution in [2.24, 2.45) is 0 Å². The van der Waals surface area contributed by atoms with E-state index < -0.39 is 0 Å². The predicted molar refractivity (Wildman–Crippen MR) is 79.2 cm³/mol. The standard InChI is InChI=1S/C14H18N6O/c1-7(5-11-6-8(2)19-20-11)15-13-12-14(17-9(3)16-13)21-10(4)18-12/h6-7H,5H2,1-4H3,(H,19,20)(H,15,16,17)/t7-/m1/s1. The van der Waals surface area contributed by atoms with Crippen LogP contribution in [-0.4, -0.2) is 31.2 Å². The van der Waals surface area contributed by atoms with E-state index >= 15 is 0 Å². The summed E-state index contributed by atoms with van der Waals surface area (Å²) in [7, 11) is 0. The summed E-state index contributed by atoms with van der Waals surface area (Å²) < 4.78 is 5.47. The van der Waals surface area contributed by atoms with Gasteiger partial charge in [-0.3, -0.25) is 5.10 Å². The maximum atomic E-state index is 5.47. The fourth-order valence-electron chi connectivity index (χ4n) is 2.31. The number of aromatic nitrogens is 5. The number of anilines is 1. The van der Waals surface area contributed by atoms with Crippen LogP contribution in [0.3, 0.4) is 0 Å². The molecular formula is C14H18N6O. The molecule has 2 N–H and O–H groups in total. The first kappa shape index (κ1) is 13.5. The Bertz CT molecular complexity index is 775. The quantitative estimate of drug-likeness (QED) is 0.764. The van der Waals surface area contributed by atoms with E-state index in [4.69, 9.17) is 4.42 Å². The first-order valence-electron chi connectivity index (χ1n) is 6.90. The number of aryl methyl sites for hydroxylation is 3. The largest absolute Gasteiger partial charge is 0.422 e. The van der Waals surface area contributed by atoms with Gasteiger partial charge < -0.3 is 9.73 Å². The number of nitrogens with zero attached hydrogens (tertiary/aromatic N) is 4. The lowest BCUT2D eigenvalue weighted by atomic mass is 10.2. The molecule has 0 aliphatic rings. The van der Waals surface area contributed by atoms with Gasteiger partial charge in [-0.25, -0.2) is 9.97 Å². The van der Waals surface area contributed by atoms with E-state index in [1.54, 1.807) is 6.92 Å². The Morgan fingerprint density at radius 2 is 2.05 bits per heavy atom. The molecule has 0 bridgehead atoms. The highest BCUT2D eigenvalue weighted by molar-refractivity contribution is 5.81. The van der Waals surface area contributed by atoms with Crippen LogP contribution in [0.4, 0.5) is 5.82 Å². The number of H-pyrrole nitrogens is 1. The van der Waals surface area contributed by atoms with Crippen molar-refractivity contribution in [3.8, 4) is 0 Å². The van der Waals surface area contributed by atoms with Crippen molar-refractivity contribution in [1.82, 2.24) is 25.1 Å². The Morgan fingerprint density at radius 3 is 2.76 bits per heavy atom. The first-order valence-corrected chi connectivity index (χ1v) is 6.90. The third kappa shape index (κ3) is 2.86. The second-order valence-electron chi connectivity index (χ2n) is 5.30. The van der Waals surface area contributed by atoms with E-state index in [0.717, 1.165) is 17.8 Å². The first-order chi connectivity index (χ1) is 10.0. The van der Waals surface area contributed by atoms with E-state index in [0.29, 0.717) is 28.8 Å². The maximum Gasteiger partial charge on any atom is 0.252 e. The lowest BCUT2D eigenvalue weighted by molar-refractivity contribution is 0.550. The Balaban J connectivity index is 1.83. The van der Waals surface area contributed by atoms with Gasteiger partial charge >= 0.3 is 0 Å². The van der Waals surface area contributed by atoms with Gasteiger partial charge in [0.25, 0.3) is 5.71 Å². The number of hydrogen-bond donors (Lipinski definition) is 2. The van der Waals surface area contributed by atoms with Crippen LogP contribution >= 0.6 is 0 Å². The van der Waals surface area contributed by atoms with Crippen molar-refractivity contribution >= 4 is 17.0 Å². The van der Waals surface area contributed by atoms with Crippen molar-refractivity contribution < 1.29 is 4.42 Å². The summed E-state index contributed by atoms with van der Waals surface area (Å²) in [5, 5.41) is 10.6. The number of fused-ring (bicyclic) bond motifs is 1. The molecule has 0 saturated carbocycles. The van der Waals surface area contributed by atoms with Gasteiger partial charge in [0.1, 0.15) is 5.82 Å². The average molecular weight is 286 g/mol. The molecule has 7 heteroatoms. The highest BCUT2D eigenvalue weighted by Gasteiger charge is 2.14. The summed E-state index contributed by atoms with van der Waals surface area (Å²) in [5.74, 6) is 1.95. The molecule has 0 radical (unpaired) electrons. The van der Waals surface area contributed by atoms with Gasteiger partial charge in [-0.15, -0.1) is 0 Å². The minimum Gasteiger partial charge on any atom is -0.422 e. The molecule has 0 fully saturated rings. The fourth-order valence-corrected chi connectivity index (χ4v) is 2.31. The minimum absolute atomic E-state index is 0.169. The third-order valence-corrected chi connectivity index (χ3v) is 3.13. The number of nitrogens with one attached hydrogen (secondary N) is 2. The second-order valence-corrected chi connectivity index (χ2v) is 5.30. The number of rotatable bonds is 4. The Labute approximate surface area is 122 Å². The minimum atomic E-state index is 0.169. The van der Waals surface area contributed by atoms with Gasteiger partial charge in [-0.2, -0.15) is 10.1 Å². The summed E-state index contributed by atoms with van der Waals surface area (Å²) in [4.78, 5) is 13.0. The molecule has 3 aromatic heterocycles. The Hall–Kier alpha value is -2.44. The molecule has 3 heterocycles. The lowest BCUT2D eigenvalue weighted by Gasteiger charge is -2.13. The molecule has 0 aliphatic carbocycles. The highest BCUT2D eigenvalue weighted by Crippen LogP contribution is 2.21. The Kier molecular flexibility index (Phi) is 3.32. The van der Waals surface area contributed by atoms with Crippen molar-refractivity contribution in [3.63, 3.8) is 0 Å². The van der Waals surface area contributed by atoms with E-state index in [1.807, 2.05) is 19.9 Å². The topological polar surface area (TPSA) is 92.5 Å². The summed E-state index contributed by atoms with van der Waals surface area (Å²) in [6.07, 6.45) is 0.797. The molecule has 1 atom stereocenters. The number of oxazole rings is 1. The van der Waals surface area contributed by atoms with E-state index in [-0.39, 0.29) is 6.04 Å². The molecular weight excluding hydrogens is 268 g/mol. The van der Waals surface area contributed by atoms with Crippen LogP contribution in [0.5, 0.6) is 0 Å². The Morgan fingerprint density at radius 1 is 1.24 bits per heavy atom. The zero-order valence-corrected chi connectivity index (χ0v) is 12.6. The van der Waals surface area contributed by atoms with Crippen LogP contribution in [-0.2, 0) is 6.42 Å². The average Bonchev–Trinajstić information content (AvgIpc) is 2.94. The molecule has 0 saturated heterocycles. The third-order valence-electron chi connectivity index (χ3n) is 3.13. The number of aromatic amines is 1. The van der Waals surface area contributed by atoms with Crippen LogP contribution in [0, 0.1) is 20.8 Å². The smallest absolute Gasteiger partial charge is 0.252 e. The van der Waals surface area contributed by atoms with Gasteiger partial charge in [0.15, 0.2) is 17.2 Å². The fraction of sp³-hybridized carbons (Fsp3) is 0.429. The van der Waals surface area contributed by atoms with Gasteiger partial charge in [0.2, 0.25) is 0 Å². The van der Waals surface area contributed by atoms with Crippen molar-refractivity contribution in [2.75, 3.05) is 5.32 Å².